The van der Waals surface area contributed by atoms with Crippen LogP contribution in [0.2, 0.25) is 0 Å². The highest BCUT2D eigenvalue weighted by atomic mass is 16.5. The lowest BCUT2D eigenvalue weighted by molar-refractivity contribution is -0.129. The zero-order valence-electron chi connectivity index (χ0n) is 20.3. The molecular weight excluding hydrogens is 418 g/mol. The van der Waals surface area contributed by atoms with E-state index < -0.39 is 0 Å². The number of hydrogen-bond donors (Lipinski definition) is 1. The minimum absolute atomic E-state index is 0.0164. The zero-order chi connectivity index (χ0) is 23.2. The van der Waals surface area contributed by atoms with E-state index >= 15 is 0 Å². The Morgan fingerprint density at radius 2 is 2.15 bits per heavy atom. The van der Waals surface area contributed by atoms with Gasteiger partial charge in [0, 0.05) is 36.3 Å². The van der Waals surface area contributed by atoms with Crippen molar-refractivity contribution in [3.63, 3.8) is 0 Å². The first-order chi connectivity index (χ1) is 16.0. The lowest BCUT2D eigenvalue weighted by Crippen LogP contribution is -2.70. The van der Waals surface area contributed by atoms with Crippen LogP contribution in [0.3, 0.4) is 0 Å². The van der Waals surface area contributed by atoms with Crippen molar-refractivity contribution in [2.45, 2.75) is 76.2 Å². The van der Waals surface area contributed by atoms with Gasteiger partial charge in [-0.2, -0.15) is 0 Å². The normalized spacial score (nSPS) is 31.3. The van der Waals surface area contributed by atoms with Gasteiger partial charge in [0.2, 0.25) is 0 Å². The number of furan rings is 1. The Morgan fingerprint density at radius 1 is 1.30 bits per heavy atom. The molecule has 3 heterocycles. The van der Waals surface area contributed by atoms with E-state index in [-0.39, 0.29) is 28.8 Å². The molecule has 6 nitrogen and oxygen atoms in total. The molecule has 1 N–H and O–H groups in total. The first-order valence-electron chi connectivity index (χ1n) is 12.3. The summed E-state index contributed by atoms with van der Waals surface area (Å²) in [6.07, 6.45) is 8.31. The Balaban J connectivity index is 1.51. The number of rotatable bonds is 9. The second-order valence-corrected chi connectivity index (χ2v) is 10.1. The number of likely N-dealkylation sites (tertiary alicyclic amines) is 1. The molecule has 2 aromatic rings. The molecule has 1 fully saturated rings. The molecule has 180 valence electrons. The standard InChI is InChI=1S/C27H37NO5/c1-5-26(10-6-13-31-16-19-9-14-32-17-19)22-15-20-7-8-21(29)24-23(20)27(26,11-12-28(22)3)25(33-24)18(2)30-4/h7-9,14,17-18,22,25,29H,5-6,10-13,15-16H2,1-4H3/t18?,22-,25+,26-,27+/m1/s1. The van der Waals surface area contributed by atoms with Crippen molar-refractivity contribution in [3.05, 3.63) is 47.4 Å². The summed E-state index contributed by atoms with van der Waals surface area (Å²) < 4.78 is 23.7. The lowest BCUT2D eigenvalue weighted by Gasteiger charge is -2.64. The molecule has 1 unspecified atom stereocenters. The van der Waals surface area contributed by atoms with Crippen molar-refractivity contribution < 1.29 is 23.7 Å². The molecule has 33 heavy (non-hydrogen) atoms. The fourth-order valence-corrected chi connectivity index (χ4v) is 7.39. The fraction of sp³-hybridized carbons (Fsp3) is 0.630. The van der Waals surface area contributed by atoms with Crippen LogP contribution in [0, 0.1) is 5.41 Å². The number of aromatic hydroxyl groups is 1. The maximum Gasteiger partial charge on any atom is 0.165 e. The van der Waals surface area contributed by atoms with Gasteiger partial charge in [-0.15, -0.1) is 0 Å². The topological polar surface area (TPSA) is 64.3 Å². The van der Waals surface area contributed by atoms with Gasteiger partial charge < -0.3 is 28.6 Å². The number of phenols is 1. The highest BCUT2D eigenvalue weighted by molar-refractivity contribution is 5.61. The van der Waals surface area contributed by atoms with Gasteiger partial charge in [-0.25, -0.2) is 0 Å². The Labute approximate surface area is 196 Å². The van der Waals surface area contributed by atoms with E-state index in [0.29, 0.717) is 25.0 Å². The van der Waals surface area contributed by atoms with Crippen LogP contribution in [0.5, 0.6) is 11.5 Å². The van der Waals surface area contributed by atoms with Gasteiger partial charge in [-0.05, 0) is 75.7 Å². The highest BCUT2D eigenvalue weighted by Gasteiger charge is 2.69. The predicted molar refractivity (Wildman–Crippen MR) is 126 cm³/mol. The molecule has 1 saturated heterocycles. The van der Waals surface area contributed by atoms with E-state index in [4.69, 9.17) is 18.6 Å². The monoisotopic (exact) mass is 455 g/mol. The van der Waals surface area contributed by atoms with Gasteiger partial charge in [-0.1, -0.05) is 13.0 Å². The molecule has 0 amide bonds. The number of methoxy groups -OCH3 is 1. The molecule has 2 bridgehead atoms. The quantitative estimate of drug-likeness (QED) is 0.554. The fourth-order valence-electron chi connectivity index (χ4n) is 7.39. The molecule has 1 aliphatic carbocycles. The first kappa shape index (κ1) is 22.8. The van der Waals surface area contributed by atoms with Crippen LogP contribution in [0.25, 0.3) is 0 Å². The van der Waals surface area contributed by atoms with Gasteiger partial charge >= 0.3 is 0 Å². The summed E-state index contributed by atoms with van der Waals surface area (Å²) in [6, 6.07) is 6.29. The van der Waals surface area contributed by atoms with E-state index in [1.54, 1.807) is 25.7 Å². The minimum Gasteiger partial charge on any atom is -0.504 e. The molecule has 1 aromatic carbocycles. The molecule has 6 heteroatoms. The number of piperidine rings is 1. The lowest BCUT2D eigenvalue weighted by atomic mass is 9.44. The average Bonchev–Trinajstić information content (AvgIpc) is 3.46. The van der Waals surface area contributed by atoms with Crippen molar-refractivity contribution in [2.24, 2.45) is 5.41 Å². The van der Waals surface area contributed by atoms with Crippen LogP contribution in [0.4, 0.5) is 0 Å². The Bertz CT molecular complexity index is 975. The van der Waals surface area contributed by atoms with Crippen molar-refractivity contribution in [3.8, 4) is 11.5 Å². The van der Waals surface area contributed by atoms with Crippen LogP contribution in [0.15, 0.2) is 35.1 Å². The van der Waals surface area contributed by atoms with Crippen molar-refractivity contribution >= 4 is 0 Å². The third-order valence-electron chi connectivity index (χ3n) is 8.92. The number of phenolic OH excluding ortho intramolecular Hbond substituents is 1. The van der Waals surface area contributed by atoms with Crippen LogP contribution in [-0.2, 0) is 27.9 Å². The molecule has 2 aliphatic heterocycles. The van der Waals surface area contributed by atoms with Crippen LogP contribution >= 0.6 is 0 Å². The number of nitrogens with zero attached hydrogens (tertiary/aromatic N) is 1. The molecule has 5 atom stereocenters. The van der Waals surface area contributed by atoms with Crippen molar-refractivity contribution in [2.75, 3.05) is 27.3 Å². The largest absolute Gasteiger partial charge is 0.504 e. The molecule has 0 radical (unpaired) electrons. The summed E-state index contributed by atoms with van der Waals surface area (Å²) in [4.78, 5) is 2.56. The number of benzene rings is 1. The molecule has 3 aliphatic rings. The van der Waals surface area contributed by atoms with Crippen molar-refractivity contribution in [1.29, 1.82) is 0 Å². The number of ether oxygens (including phenoxy) is 3. The van der Waals surface area contributed by atoms with Gasteiger partial charge in [0.25, 0.3) is 0 Å². The second kappa shape index (κ2) is 8.64. The highest BCUT2D eigenvalue weighted by Crippen LogP contribution is 2.68. The summed E-state index contributed by atoms with van der Waals surface area (Å²) >= 11 is 0. The van der Waals surface area contributed by atoms with E-state index in [2.05, 4.69) is 31.9 Å². The van der Waals surface area contributed by atoms with E-state index in [9.17, 15) is 5.11 Å². The van der Waals surface area contributed by atoms with Crippen LogP contribution < -0.4 is 4.74 Å². The maximum atomic E-state index is 10.8. The number of likely N-dealkylation sites (N-methyl/N-ethyl adjacent to an activating group) is 1. The zero-order valence-corrected chi connectivity index (χ0v) is 20.3. The van der Waals surface area contributed by atoms with Gasteiger partial charge in [0.1, 0.15) is 6.10 Å². The SMILES string of the molecule is CC[C@@]1(CCCOCc2ccoc2)[C@H]2Cc3ccc(O)c4c3[C@@]1(CCN2C)[C@H](C(C)OC)O4. The Hall–Kier alpha value is -2.02. The molecule has 0 saturated carbocycles. The van der Waals surface area contributed by atoms with Crippen LogP contribution in [0.1, 0.15) is 56.2 Å². The average molecular weight is 456 g/mol. The molecule has 1 spiro atoms. The van der Waals surface area contributed by atoms with Gasteiger partial charge in [0.15, 0.2) is 11.5 Å². The summed E-state index contributed by atoms with van der Waals surface area (Å²) in [5.41, 5.74) is 3.48. The summed E-state index contributed by atoms with van der Waals surface area (Å²) in [5.74, 6) is 0.947. The molecular formula is C27H37NO5. The van der Waals surface area contributed by atoms with Crippen molar-refractivity contribution in [1.82, 2.24) is 4.90 Å². The third-order valence-corrected chi connectivity index (χ3v) is 8.92. The Kier molecular flexibility index (Phi) is 5.96. The van der Waals surface area contributed by atoms with E-state index in [1.165, 1.54) is 11.1 Å². The minimum atomic E-state index is -0.180. The van der Waals surface area contributed by atoms with E-state index in [1.807, 2.05) is 6.07 Å². The third kappa shape index (κ3) is 3.25. The summed E-state index contributed by atoms with van der Waals surface area (Å²) in [6.45, 7) is 6.76. The maximum absolute atomic E-state index is 10.8. The Morgan fingerprint density at radius 3 is 2.88 bits per heavy atom. The van der Waals surface area contributed by atoms with Gasteiger partial charge in [0.05, 0.1) is 25.2 Å². The second-order valence-electron chi connectivity index (χ2n) is 10.1. The van der Waals surface area contributed by atoms with Gasteiger partial charge in [-0.3, -0.25) is 0 Å². The summed E-state index contributed by atoms with van der Waals surface area (Å²) in [5, 5.41) is 10.8. The smallest absolute Gasteiger partial charge is 0.165 e. The predicted octanol–water partition coefficient (Wildman–Crippen LogP) is 4.67. The molecule has 5 rings (SSSR count). The first-order valence-corrected chi connectivity index (χ1v) is 12.3. The number of hydrogen-bond acceptors (Lipinski definition) is 6. The van der Waals surface area contributed by atoms with E-state index in [0.717, 1.165) is 44.2 Å². The molecule has 1 aromatic heterocycles. The number of fused-ring (bicyclic) bond motifs is 1. The summed E-state index contributed by atoms with van der Waals surface area (Å²) in [7, 11) is 4.04. The van der Waals surface area contributed by atoms with Crippen LogP contribution in [-0.4, -0.2) is 55.6 Å².